The van der Waals surface area contributed by atoms with Gasteiger partial charge in [0, 0.05) is 18.3 Å². The summed E-state index contributed by atoms with van der Waals surface area (Å²) < 4.78 is 26.6. The molecule has 6 heteroatoms. The van der Waals surface area contributed by atoms with E-state index < -0.39 is 10.0 Å². The van der Waals surface area contributed by atoms with E-state index in [1.807, 2.05) is 0 Å². The summed E-state index contributed by atoms with van der Waals surface area (Å²) in [6.45, 7) is 5.17. The fourth-order valence-corrected chi connectivity index (χ4v) is 3.70. The van der Waals surface area contributed by atoms with E-state index in [0.29, 0.717) is 17.6 Å². The van der Waals surface area contributed by atoms with Gasteiger partial charge in [-0.3, -0.25) is 0 Å². The van der Waals surface area contributed by atoms with E-state index in [9.17, 15) is 8.42 Å². The summed E-state index contributed by atoms with van der Waals surface area (Å²) in [6.07, 6.45) is 1.07. The number of nitrogens with one attached hydrogen (secondary N) is 1. The summed E-state index contributed by atoms with van der Waals surface area (Å²) in [5.41, 5.74) is 6.92. The van der Waals surface area contributed by atoms with Gasteiger partial charge in [-0.1, -0.05) is 6.92 Å². The van der Waals surface area contributed by atoms with Crippen molar-refractivity contribution >= 4 is 21.4 Å². The molecule has 1 aromatic rings. The van der Waals surface area contributed by atoms with Crippen LogP contribution in [-0.4, -0.2) is 28.1 Å². The number of hydrogen-bond donors (Lipinski definition) is 2. The molecule has 3 N–H and O–H groups in total. The normalized spacial score (nSPS) is 23.8. The van der Waals surface area contributed by atoms with Crippen LogP contribution in [0.5, 0.6) is 0 Å². The van der Waals surface area contributed by atoms with Crippen LogP contribution in [0.15, 0.2) is 23.1 Å². The molecule has 0 aliphatic carbocycles. The number of nitrogen functional groups attached to an aromatic ring is 1. The molecule has 0 radical (unpaired) electrons. The highest BCUT2D eigenvalue weighted by molar-refractivity contribution is 7.89. The van der Waals surface area contributed by atoms with Crippen molar-refractivity contribution in [2.24, 2.45) is 5.92 Å². The van der Waals surface area contributed by atoms with Gasteiger partial charge in [-0.15, -0.1) is 0 Å². The molecule has 2 rings (SSSR count). The van der Waals surface area contributed by atoms with Gasteiger partial charge in [0.1, 0.15) is 4.90 Å². The second kappa shape index (κ2) is 5.02. The van der Waals surface area contributed by atoms with Gasteiger partial charge in [-0.05, 0) is 44.5 Å². The largest absolute Gasteiger partial charge is 0.399 e. The first-order chi connectivity index (χ1) is 8.85. The number of rotatable bonds is 3. The second-order valence-corrected chi connectivity index (χ2v) is 7.13. The molecule has 1 saturated heterocycles. The van der Waals surface area contributed by atoms with Crippen LogP contribution in [0.25, 0.3) is 0 Å². The van der Waals surface area contributed by atoms with Gasteiger partial charge in [-0.2, -0.15) is 0 Å². The van der Waals surface area contributed by atoms with Crippen molar-refractivity contribution in [1.29, 1.82) is 0 Å². The molecule has 0 saturated carbocycles. The Labute approximate surface area is 114 Å². The minimum atomic E-state index is -3.50. The summed E-state index contributed by atoms with van der Waals surface area (Å²) in [5, 5.41) is 0. The first kappa shape index (κ1) is 14.1. The van der Waals surface area contributed by atoms with Crippen molar-refractivity contribution in [3.63, 3.8) is 0 Å². The molecule has 1 fully saturated rings. The monoisotopic (exact) mass is 283 g/mol. The second-order valence-electron chi connectivity index (χ2n) is 5.28. The van der Waals surface area contributed by atoms with Crippen molar-refractivity contribution in [2.45, 2.75) is 31.2 Å². The number of hydrogen-bond acceptors (Lipinski definition) is 4. The molecule has 2 unspecified atom stereocenters. The van der Waals surface area contributed by atoms with Gasteiger partial charge >= 0.3 is 0 Å². The standard InChI is InChI=1S/C13H21N3O2S/c1-9-6-10(2)16(8-9)12-5-4-11(14)7-13(12)19(17,18)15-3/h4-5,7,9-10,15H,6,8,14H2,1-3H3. The van der Waals surface area contributed by atoms with E-state index in [1.54, 1.807) is 12.1 Å². The van der Waals surface area contributed by atoms with Crippen LogP contribution in [0.4, 0.5) is 11.4 Å². The van der Waals surface area contributed by atoms with Crippen LogP contribution in [0.2, 0.25) is 0 Å². The fraction of sp³-hybridized carbons (Fsp3) is 0.538. The van der Waals surface area contributed by atoms with Crippen LogP contribution in [-0.2, 0) is 10.0 Å². The van der Waals surface area contributed by atoms with E-state index in [4.69, 9.17) is 5.73 Å². The summed E-state index contributed by atoms with van der Waals surface area (Å²) in [7, 11) is -2.09. The van der Waals surface area contributed by atoms with Gasteiger partial charge in [0.05, 0.1) is 5.69 Å². The molecule has 2 atom stereocenters. The quantitative estimate of drug-likeness (QED) is 0.823. The number of sulfonamides is 1. The molecule has 1 aliphatic rings. The SMILES string of the molecule is CNS(=O)(=O)c1cc(N)ccc1N1CC(C)CC1C. The Kier molecular flexibility index (Phi) is 3.73. The van der Waals surface area contributed by atoms with Gasteiger partial charge in [0.2, 0.25) is 10.0 Å². The van der Waals surface area contributed by atoms with E-state index in [2.05, 4.69) is 23.5 Å². The Morgan fingerprint density at radius 1 is 1.37 bits per heavy atom. The summed E-state index contributed by atoms with van der Waals surface area (Å²) in [5.74, 6) is 0.567. The van der Waals surface area contributed by atoms with E-state index in [-0.39, 0.29) is 4.90 Å². The number of nitrogens with two attached hydrogens (primary N) is 1. The minimum Gasteiger partial charge on any atom is -0.399 e. The Bertz CT molecular complexity index is 571. The Hall–Kier alpha value is -1.27. The molecule has 0 amide bonds. The van der Waals surface area contributed by atoms with Crippen LogP contribution >= 0.6 is 0 Å². The molecular formula is C13H21N3O2S. The average molecular weight is 283 g/mol. The van der Waals surface area contributed by atoms with E-state index >= 15 is 0 Å². The molecular weight excluding hydrogens is 262 g/mol. The lowest BCUT2D eigenvalue weighted by Gasteiger charge is -2.26. The molecule has 5 nitrogen and oxygen atoms in total. The molecule has 19 heavy (non-hydrogen) atoms. The summed E-state index contributed by atoms with van der Waals surface area (Å²) >= 11 is 0. The van der Waals surface area contributed by atoms with Crippen molar-refractivity contribution in [3.05, 3.63) is 18.2 Å². The predicted molar refractivity (Wildman–Crippen MR) is 77.7 cm³/mol. The zero-order valence-corrected chi connectivity index (χ0v) is 12.4. The topological polar surface area (TPSA) is 75.4 Å². The fourth-order valence-electron chi connectivity index (χ4n) is 2.73. The van der Waals surface area contributed by atoms with E-state index in [1.165, 1.54) is 13.1 Å². The molecule has 1 aromatic carbocycles. The third kappa shape index (κ3) is 2.69. The van der Waals surface area contributed by atoms with Gasteiger partial charge in [-0.25, -0.2) is 13.1 Å². The van der Waals surface area contributed by atoms with Crippen molar-refractivity contribution in [1.82, 2.24) is 4.72 Å². The van der Waals surface area contributed by atoms with Gasteiger partial charge in [0.15, 0.2) is 0 Å². The minimum absolute atomic E-state index is 0.260. The summed E-state index contributed by atoms with van der Waals surface area (Å²) in [4.78, 5) is 2.41. The Morgan fingerprint density at radius 2 is 2.05 bits per heavy atom. The van der Waals surface area contributed by atoms with Crippen molar-refractivity contribution in [2.75, 3.05) is 24.2 Å². The third-order valence-corrected chi connectivity index (χ3v) is 5.08. The molecule has 0 bridgehead atoms. The lowest BCUT2D eigenvalue weighted by atomic mass is 10.1. The highest BCUT2D eigenvalue weighted by Crippen LogP contribution is 2.34. The smallest absolute Gasteiger partial charge is 0.242 e. The lowest BCUT2D eigenvalue weighted by Crippen LogP contribution is -2.30. The van der Waals surface area contributed by atoms with Crippen LogP contribution < -0.4 is 15.4 Å². The molecule has 106 valence electrons. The van der Waals surface area contributed by atoms with Crippen molar-refractivity contribution < 1.29 is 8.42 Å². The highest BCUT2D eigenvalue weighted by Gasteiger charge is 2.30. The first-order valence-electron chi connectivity index (χ1n) is 6.45. The lowest BCUT2D eigenvalue weighted by molar-refractivity contribution is 0.587. The third-order valence-electron chi connectivity index (χ3n) is 3.64. The van der Waals surface area contributed by atoms with Crippen LogP contribution in [0.3, 0.4) is 0 Å². The van der Waals surface area contributed by atoms with Crippen molar-refractivity contribution in [3.8, 4) is 0 Å². The number of nitrogens with zero attached hydrogens (tertiary/aromatic N) is 1. The highest BCUT2D eigenvalue weighted by atomic mass is 32.2. The Balaban J connectivity index is 2.52. The predicted octanol–water partition coefficient (Wildman–Crippen LogP) is 1.41. The maximum atomic E-state index is 12.1. The van der Waals surface area contributed by atoms with Crippen LogP contribution in [0, 0.1) is 5.92 Å². The number of benzene rings is 1. The maximum absolute atomic E-state index is 12.1. The van der Waals surface area contributed by atoms with Gasteiger partial charge in [0.25, 0.3) is 0 Å². The van der Waals surface area contributed by atoms with Crippen LogP contribution in [0.1, 0.15) is 20.3 Å². The molecule has 0 spiro atoms. The Morgan fingerprint density at radius 3 is 2.58 bits per heavy atom. The molecule has 1 aliphatic heterocycles. The average Bonchev–Trinajstić information content (AvgIpc) is 2.68. The zero-order valence-electron chi connectivity index (χ0n) is 11.6. The molecule has 0 aromatic heterocycles. The summed E-state index contributed by atoms with van der Waals surface area (Å²) in [6, 6.07) is 5.41. The zero-order chi connectivity index (χ0) is 14.2. The van der Waals surface area contributed by atoms with Gasteiger partial charge < -0.3 is 10.6 Å². The number of anilines is 2. The maximum Gasteiger partial charge on any atom is 0.242 e. The van der Waals surface area contributed by atoms with E-state index in [0.717, 1.165) is 18.7 Å². The first-order valence-corrected chi connectivity index (χ1v) is 7.93. The molecule has 1 heterocycles.